The lowest BCUT2D eigenvalue weighted by Gasteiger charge is -2.24. The molecule has 94 valence electrons. The van der Waals surface area contributed by atoms with Crippen LogP contribution in [0.25, 0.3) is 0 Å². The van der Waals surface area contributed by atoms with Crippen molar-refractivity contribution in [2.24, 2.45) is 11.7 Å². The van der Waals surface area contributed by atoms with Crippen LogP contribution in [0.4, 0.5) is 0 Å². The van der Waals surface area contributed by atoms with E-state index >= 15 is 0 Å². The van der Waals surface area contributed by atoms with E-state index in [1.165, 1.54) is 0 Å². The zero-order valence-corrected chi connectivity index (χ0v) is 11.2. The van der Waals surface area contributed by atoms with E-state index in [2.05, 4.69) is 12.3 Å². The Labute approximate surface area is 107 Å². The Bertz CT molecular complexity index is 377. The lowest BCUT2D eigenvalue weighted by molar-refractivity contribution is -0.133. The molecule has 3 unspecified atom stereocenters. The second-order valence-electron chi connectivity index (χ2n) is 4.96. The fraction of sp³-hybridized carbons (Fsp3) is 0.615. The van der Waals surface area contributed by atoms with Gasteiger partial charge in [0.1, 0.15) is 0 Å². The first-order valence-corrected chi connectivity index (χ1v) is 7.10. The van der Waals surface area contributed by atoms with Gasteiger partial charge in [-0.3, -0.25) is 4.79 Å². The zero-order chi connectivity index (χ0) is 12.4. The van der Waals surface area contributed by atoms with Crippen LogP contribution in [0.2, 0.25) is 0 Å². The molecule has 1 aromatic heterocycles. The minimum atomic E-state index is -0.0276. The molecule has 1 aliphatic heterocycles. The maximum absolute atomic E-state index is 12.4. The molecule has 0 aliphatic carbocycles. The molecule has 1 amide bonds. The Kier molecular flexibility index (Phi) is 3.84. The van der Waals surface area contributed by atoms with Gasteiger partial charge in [-0.25, -0.2) is 0 Å². The highest BCUT2D eigenvalue weighted by atomic mass is 32.1. The maximum atomic E-state index is 12.4. The van der Waals surface area contributed by atoms with Gasteiger partial charge in [-0.1, -0.05) is 0 Å². The van der Waals surface area contributed by atoms with Gasteiger partial charge >= 0.3 is 0 Å². The third kappa shape index (κ3) is 2.53. The van der Waals surface area contributed by atoms with E-state index in [0.717, 1.165) is 18.5 Å². The third-order valence-corrected chi connectivity index (χ3v) is 4.39. The lowest BCUT2D eigenvalue weighted by atomic mass is 10.0. The summed E-state index contributed by atoms with van der Waals surface area (Å²) in [5.74, 6) is 0.690. The molecule has 0 bridgehead atoms. The fourth-order valence-electron chi connectivity index (χ4n) is 2.53. The second kappa shape index (κ2) is 5.19. The minimum absolute atomic E-state index is 0.0276. The van der Waals surface area contributed by atoms with Gasteiger partial charge in [0.25, 0.3) is 0 Å². The van der Waals surface area contributed by atoms with Gasteiger partial charge in [-0.15, -0.1) is 0 Å². The van der Waals surface area contributed by atoms with E-state index in [1.807, 2.05) is 23.3 Å². The Morgan fingerprint density at radius 3 is 3.00 bits per heavy atom. The Hall–Kier alpha value is -0.870. The summed E-state index contributed by atoms with van der Waals surface area (Å²) in [4.78, 5) is 14.4. The van der Waals surface area contributed by atoms with Crippen molar-refractivity contribution in [1.82, 2.24) is 4.90 Å². The van der Waals surface area contributed by atoms with Crippen LogP contribution in [0.15, 0.2) is 16.8 Å². The van der Waals surface area contributed by atoms with Crippen LogP contribution in [0, 0.1) is 5.92 Å². The van der Waals surface area contributed by atoms with Gasteiger partial charge in [-0.2, -0.15) is 11.3 Å². The van der Waals surface area contributed by atoms with Gasteiger partial charge in [0.2, 0.25) is 5.91 Å². The average molecular weight is 252 g/mol. The largest absolute Gasteiger partial charge is 0.339 e. The second-order valence-corrected chi connectivity index (χ2v) is 5.74. The van der Waals surface area contributed by atoms with Crippen LogP contribution in [0.3, 0.4) is 0 Å². The zero-order valence-electron chi connectivity index (χ0n) is 10.4. The van der Waals surface area contributed by atoms with Crippen molar-refractivity contribution in [3.63, 3.8) is 0 Å². The number of hydrogen-bond acceptors (Lipinski definition) is 3. The van der Waals surface area contributed by atoms with E-state index < -0.39 is 0 Å². The van der Waals surface area contributed by atoms with Crippen molar-refractivity contribution in [2.75, 3.05) is 13.1 Å². The minimum Gasteiger partial charge on any atom is -0.339 e. The number of nitrogens with two attached hydrogens (primary N) is 1. The van der Waals surface area contributed by atoms with Crippen molar-refractivity contribution in [2.45, 2.75) is 32.2 Å². The Morgan fingerprint density at radius 2 is 2.47 bits per heavy atom. The molecule has 0 spiro atoms. The molecule has 17 heavy (non-hydrogen) atoms. The molecule has 2 heterocycles. The quantitative estimate of drug-likeness (QED) is 0.895. The molecule has 1 saturated heterocycles. The molecule has 4 heteroatoms. The first-order valence-electron chi connectivity index (χ1n) is 6.16. The van der Waals surface area contributed by atoms with Crippen molar-refractivity contribution in [3.05, 3.63) is 22.4 Å². The summed E-state index contributed by atoms with van der Waals surface area (Å²) >= 11 is 1.64. The first kappa shape index (κ1) is 12.6. The summed E-state index contributed by atoms with van der Waals surface area (Å²) in [6.07, 6.45) is 1.04. The smallest absolute Gasteiger partial charge is 0.230 e. The van der Waals surface area contributed by atoms with Crippen LogP contribution < -0.4 is 5.73 Å². The number of rotatable bonds is 3. The Morgan fingerprint density at radius 1 is 1.71 bits per heavy atom. The fourth-order valence-corrected chi connectivity index (χ4v) is 3.29. The van der Waals surface area contributed by atoms with Crippen molar-refractivity contribution in [3.8, 4) is 0 Å². The molecule has 0 radical (unpaired) electrons. The van der Waals surface area contributed by atoms with Gasteiger partial charge in [-0.05, 0) is 55.1 Å². The van der Waals surface area contributed by atoms with E-state index in [9.17, 15) is 4.79 Å². The van der Waals surface area contributed by atoms with Crippen LogP contribution in [-0.2, 0) is 4.79 Å². The number of likely N-dealkylation sites (tertiary alicyclic amines) is 1. The molecule has 3 atom stereocenters. The van der Waals surface area contributed by atoms with E-state index in [0.29, 0.717) is 18.5 Å². The summed E-state index contributed by atoms with van der Waals surface area (Å²) < 4.78 is 0. The highest BCUT2D eigenvalue weighted by molar-refractivity contribution is 7.08. The van der Waals surface area contributed by atoms with Crippen LogP contribution in [0.1, 0.15) is 31.7 Å². The van der Waals surface area contributed by atoms with Crippen LogP contribution in [-0.4, -0.2) is 29.9 Å². The number of carbonyl (C=O) groups excluding carboxylic acids is 1. The number of nitrogens with zero attached hydrogens (tertiary/aromatic N) is 1. The number of hydrogen-bond donors (Lipinski definition) is 1. The SMILES string of the molecule is CC(C(=O)N1CC(CN)CC1C)c1ccsc1. The van der Waals surface area contributed by atoms with E-state index in [4.69, 9.17) is 5.73 Å². The van der Waals surface area contributed by atoms with Gasteiger partial charge < -0.3 is 10.6 Å². The molecule has 0 saturated carbocycles. The van der Waals surface area contributed by atoms with Crippen LogP contribution in [0.5, 0.6) is 0 Å². The molecule has 2 N–H and O–H groups in total. The summed E-state index contributed by atoms with van der Waals surface area (Å²) in [6.45, 7) is 5.62. The standard InChI is InChI=1S/C13H20N2OS/c1-9-5-11(6-14)7-15(9)13(16)10(2)12-3-4-17-8-12/h3-4,8-11H,5-7,14H2,1-2H3. The maximum Gasteiger partial charge on any atom is 0.230 e. The molecular weight excluding hydrogens is 232 g/mol. The number of amides is 1. The van der Waals surface area contributed by atoms with Crippen molar-refractivity contribution >= 4 is 17.2 Å². The average Bonchev–Trinajstić information content (AvgIpc) is 2.95. The van der Waals surface area contributed by atoms with E-state index in [1.54, 1.807) is 11.3 Å². The summed E-state index contributed by atoms with van der Waals surface area (Å²) in [5.41, 5.74) is 6.82. The van der Waals surface area contributed by atoms with Gasteiger partial charge in [0, 0.05) is 12.6 Å². The summed E-state index contributed by atoms with van der Waals surface area (Å²) in [6, 6.07) is 2.37. The first-order chi connectivity index (χ1) is 8.13. The highest BCUT2D eigenvalue weighted by Crippen LogP contribution is 2.27. The van der Waals surface area contributed by atoms with E-state index in [-0.39, 0.29) is 11.8 Å². The third-order valence-electron chi connectivity index (χ3n) is 3.69. The van der Waals surface area contributed by atoms with Crippen LogP contribution >= 0.6 is 11.3 Å². The summed E-state index contributed by atoms with van der Waals surface area (Å²) in [5, 5.41) is 4.08. The molecule has 0 aromatic carbocycles. The monoisotopic (exact) mass is 252 g/mol. The van der Waals surface area contributed by atoms with Gasteiger partial charge in [0.05, 0.1) is 5.92 Å². The normalized spacial score (nSPS) is 26.2. The lowest BCUT2D eigenvalue weighted by Crippen LogP contribution is -2.37. The molecular formula is C13H20N2OS. The number of carbonyl (C=O) groups is 1. The molecule has 1 aromatic rings. The molecule has 2 rings (SSSR count). The Balaban J connectivity index is 2.05. The van der Waals surface area contributed by atoms with Crippen molar-refractivity contribution < 1.29 is 4.79 Å². The molecule has 3 nitrogen and oxygen atoms in total. The summed E-state index contributed by atoms with van der Waals surface area (Å²) in [7, 11) is 0. The molecule has 1 aliphatic rings. The van der Waals surface area contributed by atoms with Crippen molar-refractivity contribution in [1.29, 1.82) is 0 Å². The highest BCUT2D eigenvalue weighted by Gasteiger charge is 2.33. The number of thiophene rings is 1. The topological polar surface area (TPSA) is 46.3 Å². The molecule has 1 fully saturated rings. The predicted molar refractivity (Wildman–Crippen MR) is 71.1 cm³/mol. The van der Waals surface area contributed by atoms with Gasteiger partial charge in [0.15, 0.2) is 0 Å². The predicted octanol–water partition coefficient (Wildman–Crippen LogP) is 2.05.